The van der Waals surface area contributed by atoms with Crippen LogP contribution in [0.4, 0.5) is 0 Å². The fourth-order valence-electron chi connectivity index (χ4n) is 2.78. The molecule has 2 aromatic carbocycles. The molecule has 0 spiro atoms. The van der Waals surface area contributed by atoms with Gasteiger partial charge in [0.1, 0.15) is 5.75 Å². The number of ether oxygens (including phenoxy) is 1. The van der Waals surface area contributed by atoms with E-state index in [0.29, 0.717) is 6.54 Å². The highest BCUT2D eigenvalue weighted by Gasteiger charge is 2.20. The van der Waals surface area contributed by atoms with Gasteiger partial charge in [0.15, 0.2) is 6.61 Å². The molecule has 27 heavy (non-hydrogen) atoms. The van der Waals surface area contributed by atoms with Crippen LogP contribution >= 0.6 is 0 Å². The number of hydrogen-bond donors (Lipinski definition) is 2. The maximum atomic E-state index is 12.2. The second-order valence-electron chi connectivity index (χ2n) is 8.57. The minimum Gasteiger partial charge on any atom is -0.483 e. The Balaban J connectivity index is 1.92. The lowest BCUT2D eigenvalue weighted by Gasteiger charge is -2.23. The molecule has 0 aromatic heterocycles. The summed E-state index contributed by atoms with van der Waals surface area (Å²) in [6.07, 6.45) is 0. The number of benzene rings is 2. The average molecular weight is 370 g/mol. The van der Waals surface area contributed by atoms with Gasteiger partial charge >= 0.3 is 0 Å². The smallest absolute Gasteiger partial charge is 0.258 e. The van der Waals surface area contributed by atoms with E-state index >= 15 is 0 Å². The summed E-state index contributed by atoms with van der Waals surface area (Å²) in [7, 11) is 0. The Morgan fingerprint density at radius 2 is 1.67 bits per heavy atom. The molecule has 0 saturated carbocycles. The first kappa shape index (κ1) is 21.0. The molecule has 0 heterocycles. The number of carbonyl (C=O) groups is 1. The molecule has 2 N–H and O–H groups in total. The van der Waals surface area contributed by atoms with E-state index in [0.717, 1.165) is 22.4 Å². The Morgan fingerprint density at radius 1 is 1.04 bits per heavy atom. The Bertz CT molecular complexity index is 781. The van der Waals surface area contributed by atoms with Gasteiger partial charge in [0, 0.05) is 6.54 Å². The molecule has 1 amide bonds. The van der Waals surface area contributed by atoms with Crippen molar-refractivity contribution in [3.63, 3.8) is 0 Å². The van der Waals surface area contributed by atoms with Gasteiger partial charge in [-0.25, -0.2) is 0 Å². The third-order valence-electron chi connectivity index (χ3n) is 4.45. The van der Waals surface area contributed by atoms with Crippen LogP contribution in [0.2, 0.25) is 0 Å². The van der Waals surface area contributed by atoms with Crippen molar-refractivity contribution in [3.05, 3.63) is 64.7 Å². The molecule has 0 aliphatic heterocycles. The summed E-state index contributed by atoms with van der Waals surface area (Å²) in [6, 6.07) is 13.6. The summed E-state index contributed by atoms with van der Waals surface area (Å²) in [5, 5.41) is 12.9. The molecule has 2 rings (SSSR count). The van der Waals surface area contributed by atoms with Crippen molar-refractivity contribution >= 4 is 5.91 Å². The fraction of sp³-hybridized carbons (Fsp3) is 0.435. The minimum absolute atomic E-state index is 0.0199. The molecule has 0 aliphatic carbocycles. The molecule has 2 aromatic rings. The van der Waals surface area contributed by atoms with Crippen molar-refractivity contribution in [1.82, 2.24) is 5.32 Å². The van der Waals surface area contributed by atoms with Crippen LogP contribution in [0.15, 0.2) is 42.5 Å². The monoisotopic (exact) mass is 369 g/mol. The largest absolute Gasteiger partial charge is 0.483 e. The maximum Gasteiger partial charge on any atom is 0.258 e. The van der Waals surface area contributed by atoms with Gasteiger partial charge in [-0.1, -0.05) is 62.7 Å². The summed E-state index contributed by atoms with van der Waals surface area (Å²) in [4.78, 5) is 12.2. The predicted molar refractivity (Wildman–Crippen MR) is 109 cm³/mol. The van der Waals surface area contributed by atoms with Gasteiger partial charge in [0.05, 0.1) is 5.60 Å². The SMILES string of the molecule is Cc1ccc(OCC(=O)NCc2ccc(C(C)(C)O)cc2)c(C(C)(C)C)c1. The summed E-state index contributed by atoms with van der Waals surface area (Å²) in [5.74, 6) is 0.583. The highest BCUT2D eigenvalue weighted by atomic mass is 16.5. The topological polar surface area (TPSA) is 58.6 Å². The molecular formula is C23H31NO3. The zero-order chi connectivity index (χ0) is 20.2. The number of carbonyl (C=O) groups excluding carboxylic acids is 1. The summed E-state index contributed by atoms with van der Waals surface area (Å²) >= 11 is 0. The van der Waals surface area contributed by atoms with Crippen LogP contribution in [0.25, 0.3) is 0 Å². The van der Waals surface area contributed by atoms with Crippen LogP contribution in [0, 0.1) is 6.92 Å². The Kier molecular flexibility index (Phi) is 6.32. The lowest BCUT2D eigenvalue weighted by atomic mass is 9.85. The number of aryl methyl sites for hydroxylation is 1. The number of amides is 1. The van der Waals surface area contributed by atoms with Gasteiger partial charge < -0.3 is 15.2 Å². The number of nitrogens with one attached hydrogen (secondary N) is 1. The van der Waals surface area contributed by atoms with Crippen molar-refractivity contribution in [2.75, 3.05) is 6.61 Å². The first-order chi connectivity index (χ1) is 12.5. The van der Waals surface area contributed by atoms with Crippen molar-refractivity contribution in [3.8, 4) is 5.75 Å². The number of rotatable bonds is 6. The van der Waals surface area contributed by atoms with Gasteiger partial charge in [-0.3, -0.25) is 4.79 Å². The van der Waals surface area contributed by atoms with E-state index in [1.165, 1.54) is 5.56 Å². The molecule has 0 atom stereocenters. The van der Waals surface area contributed by atoms with Crippen LogP contribution in [0.5, 0.6) is 5.75 Å². The minimum atomic E-state index is -0.867. The van der Waals surface area contributed by atoms with Crippen LogP contribution in [0.3, 0.4) is 0 Å². The van der Waals surface area contributed by atoms with Crippen molar-refractivity contribution < 1.29 is 14.6 Å². The molecule has 4 nitrogen and oxygen atoms in total. The second-order valence-corrected chi connectivity index (χ2v) is 8.57. The fourth-order valence-corrected chi connectivity index (χ4v) is 2.78. The van der Waals surface area contributed by atoms with E-state index < -0.39 is 5.60 Å². The van der Waals surface area contributed by atoms with Crippen LogP contribution in [-0.2, 0) is 22.4 Å². The quantitative estimate of drug-likeness (QED) is 0.802. The number of hydrogen-bond acceptors (Lipinski definition) is 3. The molecule has 0 unspecified atom stereocenters. The third kappa shape index (κ3) is 6.10. The predicted octanol–water partition coefficient (Wildman–Crippen LogP) is 4.22. The van der Waals surface area contributed by atoms with E-state index in [1.807, 2.05) is 36.4 Å². The van der Waals surface area contributed by atoms with Crippen LogP contribution < -0.4 is 10.1 Å². The van der Waals surface area contributed by atoms with E-state index in [4.69, 9.17) is 4.74 Å². The first-order valence-corrected chi connectivity index (χ1v) is 9.29. The summed E-state index contributed by atoms with van der Waals surface area (Å²) < 4.78 is 5.79. The molecule has 146 valence electrons. The standard InChI is InChI=1S/C23H31NO3/c1-16-7-12-20(19(13-16)22(2,3)4)27-15-21(25)24-14-17-8-10-18(11-9-17)23(5,6)26/h7-13,26H,14-15H2,1-6H3,(H,24,25). The molecular weight excluding hydrogens is 338 g/mol. The van der Waals surface area contributed by atoms with E-state index in [-0.39, 0.29) is 17.9 Å². The second kappa shape index (κ2) is 8.13. The molecule has 0 aliphatic rings. The lowest BCUT2D eigenvalue weighted by Crippen LogP contribution is -2.29. The zero-order valence-electron chi connectivity index (χ0n) is 17.2. The highest BCUT2D eigenvalue weighted by Crippen LogP contribution is 2.32. The Hall–Kier alpha value is -2.33. The van der Waals surface area contributed by atoms with E-state index in [9.17, 15) is 9.90 Å². The summed E-state index contributed by atoms with van der Waals surface area (Å²) in [5.41, 5.74) is 3.16. The molecule has 0 saturated heterocycles. The molecule has 0 radical (unpaired) electrons. The normalized spacial score (nSPS) is 12.0. The van der Waals surface area contributed by atoms with E-state index in [2.05, 4.69) is 39.1 Å². The molecule has 0 bridgehead atoms. The van der Waals surface area contributed by atoms with Gasteiger partial charge in [0.25, 0.3) is 5.91 Å². The van der Waals surface area contributed by atoms with Gasteiger partial charge in [-0.15, -0.1) is 0 Å². The third-order valence-corrected chi connectivity index (χ3v) is 4.45. The van der Waals surface area contributed by atoms with Crippen molar-refractivity contribution in [2.45, 2.75) is 59.1 Å². The molecule has 0 fully saturated rings. The van der Waals surface area contributed by atoms with Crippen LogP contribution in [-0.4, -0.2) is 17.6 Å². The zero-order valence-corrected chi connectivity index (χ0v) is 17.2. The summed E-state index contributed by atoms with van der Waals surface area (Å²) in [6.45, 7) is 12.3. The van der Waals surface area contributed by atoms with Gasteiger partial charge in [0.2, 0.25) is 0 Å². The Labute approximate surface area is 162 Å². The lowest BCUT2D eigenvalue weighted by molar-refractivity contribution is -0.123. The Morgan fingerprint density at radius 3 is 2.22 bits per heavy atom. The molecule has 4 heteroatoms. The average Bonchev–Trinajstić information content (AvgIpc) is 2.57. The van der Waals surface area contributed by atoms with Crippen molar-refractivity contribution in [2.24, 2.45) is 0 Å². The highest BCUT2D eigenvalue weighted by molar-refractivity contribution is 5.77. The number of aliphatic hydroxyl groups is 1. The van der Waals surface area contributed by atoms with Crippen molar-refractivity contribution in [1.29, 1.82) is 0 Å². The van der Waals surface area contributed by atoms with Crippen LogP contribution in [0.1, 0.15) is 56.9 Å². The first-order valence-electron chi connectivity index (χ1n) is 9.29. The van der Waals surface area contributed by atoms with Gasteiger partial charge in [-0.2, -0.15) is 0 Å². The van der Waals surface area contributed by atoms with E-state index in [1.54, 1.807) is 13.8 Å². The maximum absolute atomic E-state index is 12.2. The van der Waals surface area contributed by atoms with Gasteiger partial charge in [-0.05, 0) is 48.9 Å².